The van der Waals surface area contributed by atoms with Gasteiger partial charge in [-0.25, -0.2) is 4.98 Å². The number of aliphatic hydroxyl groups excluding tert-OH is 1. The van der Waals surface area contributed by atoms with Gasteiger partial charge < -0.3 is 14.9 Å². The molecule has 1 fully saturated rings. The van der Waals surface area contributed by atoms with Gasteiger partial charge in [0.2, 0.25) is 0 Å². The van der Waals surface area contributed by atoms with Crippen LogP contribution in [0.2, 0.25) is 5.02 Å². The number of pyridine rings is 1. The largest absolute Gasteiger partial charge is 0.392 e. The first-order chi connectivity index (χ1) is 8.98. The number of likely N-dealkylation sites (N-methyl/N-ethyl adjacent to an activating group) is 2. The van der Waals surface area contributed by atoms with E-state index in [1.807, 2.05) is 7.05 Å². The third kappa shape index (κ3) is 2.86. The zero-order valence-electron chi connectivity index (χ0n) is 11.9. The lowest BCUT2D eigenvalue weighted by Crippen LogP contribution is -2.56. The van der Waals surface area contributed by atoms with Crippen molar-refractivity contribution in [2.45, 2.75) is 31.4 Å². The van der Waals surface area contributed by atoms with E-state index in [1.165, 1.54) is 19.3 Å². The van der Waals surface area contributed by atoms with Crippen molar-refractivity contribution in [3.05, 3.63) is 22.8 Å². The van der Waals surface area contributed by atoms with Crippen molar-refractivity contribution in [3.63, 3.8) is 0 Å². The summed E-state index contributed by atoms with van der Waals surface area (Å²) < 4.78 is 0. The van der Waals surface area contributed by atoms with Gasteiger partial charge in [0.05, 0.1) is 11.6 Å². The highest BCUT2D eigenvalue weighted by atomic mass is 35.5. The van der Waals surface area contributed by atoms with Crippen molar-refractivity contribution in [2.24, 2.45) is 0 Å². The van der Waals surface area contributed by atoms with Crippen LogP contribution in [0.3, 0.4) is 0 Å². The van der Waals surface area contributed by atoms with Crippen LogP contribution >= 0.6 is 11.6 Å². The molecule has 5 heteroatoms. The second-order valence-electron chi connectivity index (χ2n) is 5.64. The highest BCUT2D eigenvalue weighted by Gasteiger charge is 2.40. The average molecular weight is 284 g/mol. The third-order valence-corrected chi connectivity index (χ3v) is 4.47. The Morgan fingerprint density at radius 2 is 2.05 bits per heavy atom. The molecule has 2 rings (SSSR count). The Labute approximate surface area is 120 Å². The number of hydrogen-bond acceptors (Lipinski definition) is 4. The van der Waals surface area contributed by atoms with Crippen LogP contribution in [-0.2, 0) is 6.61 Å². The van der Waals surface area contributed by atoms with E-state index < -0.39 is 0 Å². The molecule has 1 heterocycles. The van der Waals surface area contributed by atoms with E-state index in [4.69, 9.17) is 16.7 Å². The standard InChI is InChI=1S/C14H22ClN3O/c1-17(2)14(5-4-6-14)10-18(3)13-12(15)7-11(9-19)8-16-13/h7-8,19H,4-6,9-10H2,1-3H3. The van der Waals surface area contributed by atoms with Gasteiger partial charge in [0.15, 0.2) is 0 Å². The van der Waals surface area contributed by atoms with E-state index >= 15 is 0 Å². The molecule has 0 radical (unpaired) electrons. The predicted molar refractivity (Wildman–Crippen MR) is 78.7 cm³/mol. The summed E-state index contributed by atoms with van der Waals surface area (Å²) in [5.74, 6) is 0.784. The minimum absolute atomic E-state index is 0.0294. The fourth-order valence-electron chi connectivity index (χ4n) is 2.69. The molecule has 0 spiro atoms. The van der Waals surface area contributed by atoms with Gasteiger partial charge in [0.25, 0.3) is 0 Å². The molecule has 0 bridgehead atoms. The molecule has 0 aromatic carbocycles. The monoisotopic (exact) mass is 283 g/mol. The van der Waals surface area contributed by atoms with Gasteiger partial charge in [-0.05, 0) is 45.0 Å². The lowest BCUT2D eigenvalue weighted by Gasteiger charge is -2.49. The smallest absolute Gasteiger partial charge is 0.147 e. The molecule has 1 aromatic heterocycles. The molecular weight excluding hydrogens is 262 g/mol. The number of aliphatic hydroxyl groups is 1. The van der Waals surface area contributed by atoms with Crippen molar-refractivity contribution < 1.29 is 5.11 Å². The number of anilines is 1. The Morgan fingerprint density at radius 3 is 2.47 bits per heavy atom. The minimum Gasteiger partial charge on any atom is -0.392 e. The van der Waals surface area contributed by atoms with Crippen LogP contribution in [-0.4, -0.2) is 48.2 Å². The minimum atomic E-state index is -0.0294. The van der Waals surface area contributed by atoms with E-state index in [9.17, 15) is 0 Å². The molecule has 0 saturated heterocycles. The van der Waals surface area contributed by atoms with Crippen LogP contribution in [0.15, 0.2) is 12.3 Å². The SMILES string of the molecule is CN(CC1(N(C)C)CCC1)c1ncc(CO)cc1Cl. The average Bonchev–Trinajstić information content (AvgIpc) is 2.32. The van der Waals surface area contributed by atoms with Crippen LogP contribution in [0.4, 0.5) is 5.82 Å². The summed E-state index contributed by atoms with van der Waals surface area (Å²) in [7, 11) is 6.30. The van der Waals surface area contributed by atoms with Crippen molar-refractivity contribution in [2.75, 3.05) is 32.6 Å². The number of hydrogen-bond donors (Lipinski definition) is 1. The Morgan fingerprint density at radius 1 is 1.37 bits per heavy atom. The van der Waals surface area contributed by atoms with Gasteiger partial charge in [0.1, 0.15) is 5.82 Å². The number of halogens is 1. The fraction of sp³-hybridized carbons (Fsp3) is 0.643. The zero-order chi connectivity index (χ0) is 14.0. The Balaban J connectivity index is 2.13. The number of nitrogens with zero attached hydrogens (tertiary/aromatic N) is 3. The summed E-state index contributed by atoms with van der Waals surface area (Å²) in [5.41, 5.74) is 0.989. The maximum atomic E-state index is 9.08. The first-order valence-corrected chi connectivity index (χ1v) is 7.00. The van der Waals surface area contributed by atoms with Crippen LogP contribution in [0.1, 0.15) is 24.8 Å². The van der Waals surface area contributed by atoms with Gasteiger partial charge in [-0.1, -0.05) is 11.6 Å². The van der Waals surface area contributed by atoms with E-state index in [1.54, 1.807) is 12.3 Å². The summed E-state index contributed by atoms with van der Waals surface area (Å²) >= 11 is 6.24. The van der Waals surface area contributed by atoms with Crippen molar-refractivity contribution in [1.29, 1.82) is 0 Å². The van der Waals surface area contributed by atoms with E-state index in [2.05, 4.69) is 28.9 Å². The highest BCUT2D eigenvalue weighted by Crippen LogP contribution is 2.38. The van der Waals surface area contributed by atoms with E-state index in [0.29, 0.717) is 5.02 Å². The van der Waals surface area contributed by atoms with Crippen LogP contribution in [0, 0.1) is 0 Å². The molecule has 0 amide bonds. The molecule has 19 heavy (non-hydrogen) atoms. The molecule has 0 unspecified atom stereocenters. The fourth-order valence-corrected chi connectivity index (χ4v) is 3.02. The van der Waals surface area contributed by atoms with Crippen LogP contribution < -0.4 is 4.90 Å². The second kappa shape index (κ2) is 5.65. The molecule has 0 atom stereocenters. The first-order valence-electron chi connectivity index (χ1n) is 6.62. The third-order valence-electron chi connectivity index (χ3n) is 4.19. The van der Waals surface area contributed by atoms with Crippen molar-refractivity contribution >= 4 is 17.4 Å². The normalized spacial score (nSPS) is 17.4. The zero-order valence-corrected chi connectivity index (χ0v) is 12.6. The molecule has 1 aliphatic rings. The van der Waals surface area contributed by atoms with Gasteiger partial charge >= 0.3 is 0 Å². The predicted octanol–water partition coefficient (Wildman–Crippen LogP) is 2.15. The topological polar surface area (TPSA) is 39.6 Å². The Hall–Kier alpha value is -0.840. The molecule has 1 aromatic rings. The summed E-state index contributed by atoms with van der Waals surface area (Å²) in [4.78, 5) is 8.79. The summed E-state index contributed by atoms with van der Waals surface area (Å²) in [6.07, 6.45) is 5.41. The molecule has 1 N–H and O–H groups in total. The lowest BCUT2D eigenvalue weighted by atomic mass is 9.75. The van der Waals surface area contributed by atoms with Crippen molar-refractivity contribution in [1.82, 2.24) is 9.88 Å². The van der Waals surface area contributed by atoms with E-state index in [0.717, 1.165) is 17.9 Å². The molecule has 1 saturated carbocycles. The Bertz CT molecular complexity index is 446. The molecular formula is C14H22ClN3O. The molecule has 0 aliphatic heterocycles. The van der Waals surface area contributed by atoms with Gasteiger partial charge in [-0.3, -0.25) is 0 Å². The van der Waals surface area contributed by atoms with Gasteiger partial charge in [-0.2, -0.15) is 0 Å². The van der Waals surface area contributed by atoms with Crippen LogP contribution in [0.5, 0.6) is 0 Å². The summed E-state index contributed by atoms with van der Waals surface area (Å²) in [6, 6.07) is 1.78. The second-order valence-corrected chi connectivity index (χ2v) is 6.04. The van der Waals surface area contributed by atoms with Crippen LogP contribution in [0.25, 0.3) is 0 Å². The molecule has 4 nitrogen and oxygen atoms in total. The van der Waals surface area contributed by atoms with E-state index in [-0.39, 0.29) is 12.1 Å². The number of aromatic nitrogens is 1. The first kappa shape index (κ1) is 14.6. The quantitative estimate of drug-likeness (QED) is 0.899. The Kier molecular flexibility index (Phi) is 4.33. The van der Waals surface area contributed by atoms with Gasteiger partial charge in [0, 0.05) is 25.3 Å². The number of rotatable bonds is 5. The van der Waals surface area contributed by atoms with Gasteiger partial charge in [-0.15, -0.1) is 0 Å². The molecule has 106 valence electrons. The maximum absolute atomic E-state index is 9.08. The lowest BCUT2D eigenvalue weighted by molar-refractivity contribution is 0.0682. The highest BCUT2D eigenvalue weighted by molar-refractivity contribution is 6.33. The summed E-state index contributed by atoms with van der Waals surface area (Å²) in [6.45, 7) is 0.892. The maximum Gasteiger partial charge on any atom is 0.147 e. The summed E-state index contributed by atoms with van der Waals surface area (Å²) in [5, 5.41) is 9.68. The molecule has 1 aliphatic carbocycles. The van der Waals surface area contributed by atoms with Crippen molar-refractivity contribution in [3.8, 4) is 0 Å².